The van der Waals surface area contributed by atoms with Gasteiger partial charge in [0.2, 0.25) is 11.8 Å². The Hall–Kier alpha value is -1.92. The maximum absolute atomic E-state index is 11.9. The molecule has 0 aliphatic carbocycles. The summed E-state index contributed by atoms with van der Waals surface area (Å²) in [6.45, 7) is 6.37. The summed E-state index contributed by atoms with van der Waals surface area (Å²) in [6.07, 6.45) is 2.43. The van der Waals surface area contributed by atoms with Gasteiger partial charge in [-0.2, -0.15) is 0 Å². The molecule has 0 heterocycles. The third-order valence-electron chi connectivity index (χ3n) is 4.72. The molecule has 6 heteroatoms. The van der Waals surface area contributed by atoms with Crippen LogP contribution in [0.5, 0.6) is 0 Å². The summed E-state index contributed by atoms with van der Waals surface area (Å²) in [5, 5.41) is 0. The van der Waals surface area contributed by atoms with E-state index in [1.807, 2.05) is 20.8 Å². The second-order valence-corrected chi connectivity index (χ2v) is 6.79. The zero-order valence-electron chi connectivity index (χ0n) is 14.2. The molecule has 0 saturated heterocycles. The molecule has 1 unspecified atom stereocenters. The van der Waals surface area contributed by atoms with E-state index in [2.05, 4.69) is 0 Å². The number of benzene rings is 1. The van der Waals surface area contributed by atoms with Crippen molar-refractivity contribution in [3.05, 3.63) is 34.9 Å². The average Bonchev–Trinajstić information content (AvgIpc) is 2.45. The van der Waals surface area contributed by atoms with Gasteiger partial charge in [0.15, 0.2) is 0 Å². The monoisotopic (exact) mass is 320 g/mol. The van der Waals surface area contributed by atoms with E-state index >= 15 is 0 Å². The van der Waals surface area contributed by atoms with E-state index in [4.69, 9.17) is 22.9 Å². The Bertz CT molecular complexity index is 593. The second-order valence-electron chi connectivity index (χ2n) is 6.79. The maximum Gasteiger partial charge on any atom is 0.248 e. The van der Waals surface area contributed by atoms with Crippen molar-refractivity contribution in [3.8, 4) is 0 Å². The molecule has 128 valence electrons. The second kappa shape index (κ2) is 7.10. The highest BCUT2D eigenvalue weighted by atomic mass is 16.1. The number of hydrogen-bond donors (Lipinski definition) is 4. The van der Waals surface area contributed by atoms with Crippen LogP contribution in [0.3, 0.4) is 0 Å². The Kier molecular flexibility index (Phi) is 5.91. The van der Waals surface area contributed by atoms with Gasteiger partial charge in [-0.05, 0) is 57.0 Å². The zero-order chi connectivity index (χ0) is 17.8. The lowest BCUT2D eigenvalue weighted by Crippen LogP contribution is -2.53. The summed E-state index contributed by atoms with van der Waals surface area (Å²) in [7, 11) is 0. The van der Waals surface area contributed by atoms with Crippen molar-refractivity contribution in [2.24, 2.45) is 22.9 Å². The van der Waals surface area contributed by atoms with E-state index in [0.29, 0.717) is 23.2 Å². The third-order valence-corrected chi connectivity index (χ3v) is 4.72. The smallest absolute Gasteiger partial charge is 0.248 e. The van der Waals surface area contributed by atoms with E-state index in [0.717, 1.165) is 19.3 Å². The summed E-state index contributed by atoms with van der Waals surface area (Å²) >= 11 is 0. The van der Waals surface area contributed by atoms with Crippen molar-refractivity contribution in [2.45, 2.75) is 51.0 Å². The molecule has 0 radical (unpaired) electrons. The van der Waals surface area contributed by atoms with Crippen molar-refractivity contribution >= 4 is 11.8 Å². The molecule has 0 bridgehead atoms. The molecule has 6 nitrogen and oxygen atoms in total. The molecule has 2 amide bonds. The molecule has 0 saturated carbocycles. The molecular formula is C17H28N4O2. The predicted octanol–water partition coefficient (Wildman–Crippen LogP) is 1.01. The fourth-order valence-electron chi connectivity index (χ4n) is 2.80. The van der Waals surface area contributed by atoms with Crippen molar-refractivity contribution in [1.82, 2.24) is 0 Å². The fourth-order valence-corrected chi connectivity index (χ4v) is 2.80. The minimum absolute atomic E-state index is 0.333. The first-order chi connectivity index (χ1) is 10.5. The number of carbonyl (C=O) groups excluding carboxylic acids is 2. The highest BCUT2D eigenvalue weighted by molar-refractivity contribution is 5.98. The van der Waals surface area contributed by atoms with Crippen LogP contribution < -0.4 is 22.9 Å². The van der Waals surface area contributed by atoms with Crippen LogP contribution in [0.15, 0.2) is 18.2 Å². The SMILES string of the molecule is CC(C)(N)C(C)(CCCCN)c1cc(C(N)=O)ccc1C(N)=O. The van der Waals surface area contributed by atoms with Gasteiger partial charge >= 0.3 is 0 Å². The van der Waals surface area contributed by atoms with Crippen molar-refractivity contribution < 1.29 is 9.59 Å². The zero-order valence-corrected chi connectivity index (χ0v) is 14.2. The quantitative estimate of drug-likeness (QED) is 0.531. The molecule has 0 aliphatic rings. The Labute approximate surface area is 137 Å². The van der Waals surface area contributed by atoms with Crippen LogP contribution in [-0.4, -0.2) is 23.9 Å². The Morgan fingerprint density at radius 3 is 2.09 bits per heavy atom. The number of nitrogens with two attached hydrogens (primary N) is 4. The molecular weight excluding hydrogens is 292 g/mol. The molecule has 0 fully saturated rings. The van der Waals surface area contributed by atoms with Crippen molar-refractivity contribution in [3.63, 3.8) is 0 Å². The molecule has 1 atom stereocenters. The number of hydrogen-bond acceptors (Lipinski definition) is 4. The molecule has 0 aliphatic heterocycles. The van der Waals surface area contributed by atoms with Gasteiger partial charge in [-0.15, -0.1) is 0 Å². The average molecular weight is 320 g/mol. The predicted molar refractivity (Wildman–Crippen MR) is 92.0 cm³/mol. The van der Waals surface area contributed by atoms with Crippen LogP contribution in [0.25, 0.3) is 0 Å². The molecule has 0 spiro atoms. The summed E-state index contributed by atoms with van der Waals surface area (Å²) < 4.78 is 0. The maximum atomic E-state index is 11.9. The Morgan fingerprint density at radius 2 is 1.65 bits per heavy atom. The van der Waals surface area contributed by atoms with Gasteiger partial charge in [0.05, 0.1) is 0 Å². The number of rotatable bonds is 8. The summed E-state index contributed by atoms with van der Waals surface area (Å²) in [5.41, 5.74) is 23.1. The van der Waals surface area contributed by atoms with Crippen LogP contribution in [0.1, 0.15) is 66.3 Å². The van der Waals surface area contributed by atoms with Gasteiger partial charge in [-0.1, -0.05) is 13.3 Å². The molecule has 1 rings (SSSR count). The molecule has 8 N–H and O–H groups in total. The third kappa shape index (κ3) is 4.09. The van der Waals surface area contributed by atoms with Gasteiger partial charge < -0.3 is 22.9 Å². The molecule has 1 aromatic rings. The minimum Gasteiger partial charge on any atom is -0.366 e. The summed E-state index contributed by atoms with van der Waals surface area (Å²) in [4.78, 5) is 23.4. The van der Waals surface area contributed by atoms with Crippen molar-refractivity contribution in [1.29, 1.82) is 0 Å². The minimum atomic E-state index is -0.637. The van der Waals surface area contributed by atoms with Gasteiger partial charge in [-0.3, -0.25) is 9.59 Å². The van der Waals surface area contributed by atoms with Crippen LogP contribution in [-0.2, 0) is 5.41 Å². The van der Waals surface area contributed by atoms with Crippen molar-refractivity contribution in [2.75, 3.05) is 6.54 Å². The van der Waals surface area contributed by atoms with E-state index < -0.39 is 22.8 Å². The lowest BCUT2D eigenvalue weighted by molar-refractivity contribution is 0.0984. The van der Waals surface area contributed by atoms with Crippen LogP contribution in [0.4, 0.5) is 0 Å². The Balaban J connectivity index is 3.52. The topological polar surface area (TPSA) is 138 Å². The Morgan fingerprint density at radius 1 is 1.04 bits per heavy atom. The van der Waals surface area contributed by atoms with Crippen LogP contribution in [0.2, 0.25) is 0 Å². The van der Waals surface area contributed by atoms with E-state index in [1.165, 1.54) is 6.07 Å². The van der Waals surface area contributed by atoms with Crippen LogP contribution in [0, 0.1) is 0 Å². The highest BCUT2D eigenvalue weighted by Gasteiger charge is 2.41. The summed E-state index contributed by atoms with van der Waals surface area (Å²) in [5.74, 6) is -1.10. The largest absolute Gasteiger partial charge is 0.366 e. The number of unbranched alkanes of at least 4 members (excludes halogenated alkanes) is 1. The molecule has 23 heavy (non-hydrogen) atoms. The van der Waals surface area contributed by atoms with E-state index in [-0.39, 0.29) is 0 Å². The van der Waals surface area contributed by atoms with Gasteiger partial charge in [-0.25, -0.2) is 0 Å². The van der Waals surface area contributed by atoms with Crippen LogP contribution >= 0.6 is 0 Å². The molecule has 1 aromatic carbocycles. The standard InChI is InChI=1S/C17H28N4O2/c1-16(2,21)17(3,8-4-5-9-18)13-10-11(14(19)22)6-7-12(13)15(20)23/h6-7,10H,4-5,8-9,18,21H2,1-3H3,(H2,19,22)(H2,20,23). The normalized spacial score (nSPS) is 14.3. The van der Waals surface area contributed by atoms with E-state index in [1.54, 1.807) is 12.1 Å². The summed E-state index contributed by atoms with van der Waals surface area (Å²) in [6, 6.07) is 4.69. The van der Waals surface area contributed by atoms with E-state index in [9.17, 15) is 9.59 Å². The number of carbonyl (C=O) groups is 2. The number of primary amides is 2. The first-order valence-electron chi connectivity index (χ1n) is 7.77. The van der Waals surface area contributed by atoms with Gasteiger partial charge in [0, 0.05) is 22.1 Å². The lowest BCUT2D eigenvalue weighted by Gasteiger charge is -2.43. The van der Waals surface area contributed by atoms with Gasteiger partial charge in [0.1, 0.15) is 0 Å². The lowest BCUT2D eigenvalue weighted by atomic mass is 9.64. The fraction of sp³-hybridized carbons (Fsp3) is 0.529. The first kappa shape index (κ1) is 19.1. The van der Waals surface area contributed by atoms with Gasteiger partial charge in [0.25, 0.3) is 0 Å². The first-order valence-corrected chi connectivity index (χ1v) is 7.77. The molecule has 0 aromatic heterocycles. The number of amides is 2. The highest BCUT2D eigenvalue weighted by Crippen LogP contribution is 2.40.